The molecule has 0 aromatic heterocycles. The Labute approximate surface area is 83.5 Å². The van der Waals surface area contributed by atoms with Crippen LogP contribution in [0, 0.1) is 5.92 Å². The molecule has 0 rings (SSSR count). The van der Waals surface area contributed by atoms with Crippen molar-refractivity contribution in [2.45, 2.75) is 52.6 Å². The second-order valence-electron chi connectivity index (χ2n) is 4.59. The molecular formula is C11H26N2. The molecule has 2 heteroatoms. The first-order chi connectivity index (χ1) is 5.97. The van der Waals surface area contributed by atoms with Crippen molar-refractivity contribution in [1.82, 2.24) is 4.90 Å². The van der Waals surface area contributed by atoms with E-state index in [1.165, 1.54) is 6.42 Å². The Hall–Kier alpha value is -0.0800. The lowest BCUT2D eigenvalue weighted by Crippen LogP contribution is -2.40. The van der Waals surface area contributed by atoms with Crippen LogP contribution >= 0.6 is 0 Å². The first kappa shape index (κ1) is 12.9. The van der Waals surface area contributed by atoms with E-state index in [-0.39, 0.29) is 0 Å². The second kappa shape index (κ2) is 6.39. The van der Waals surface area contributed by atoms with Gasteiger partial charge >= 0.3 is 0 Å². The first-order valence-electron chi connectivity index (χ1n) is 5.43. The number of hydrogen-bond acceptors (Lipinski definition) is 2. The van der Waals surface area contributed by atoms with E-state index in [9.17, 15) is 0 Å². The highest BCUT2D eigenvalue weighted by molar-refractivity contribution is 4.70. The summed E-state index contributed by atoms with van der Waals surface area (Å²) in [6.45, 7) is 9.98. The van der Waals surface area contributed by atoms with Crippen LogP contribution in [-0.4, -0.2) is 30.6 Å². The van der Waals surface area contributed by atoms with E-state index in [1.54, 1.807) is 0 Å². The van der Waals surface area contributed by atoms with Gasteiger partial charge in [0.05, 0.1) is 0 Å². The summed E-state index contributed by atoms with van der Waals surface area (Å²) in [5.41, 5.74) is 5.90. The number of nitrogens with two attached hydrogens (primary N) is 1. The maximum absolute atomic E-state index is 5.90. The second-order valence-corrected chi connectivity index (χ2v) is 4.59. The van der Waals surface area contributed by atoms with E-state index in [4.69, 9.17) is 5.73 Å². The van der Waals surface area contributed by atoms with Gasteiger partial charge in [0.25, 0.3) is 0 Å². The summed E-state index contributed by atoms with van der Waals surface area (Å²) in [5.74, 6) is 0.773. The lowest BCUT2D eigenvalue weighted by Gasteiger charge is -2.28. The largest absolute Gasteiger partial charge is 0.327 e. The van der Waals surface area contributed by atoms with Gasteiger partial charge in [-0.1, -0.05) is 20.8 Å². The maximum atomic E-state index is 5.90. The van der Waals surface area contributed by atoms with Crippen LogP contribution in [0.3, 0.4) is 0 Å². The van der Waals surface area contributed by atoms with E-state index in [2.05, 4.69) is 39.6 Å². The fraction of sp³-hybridized carbons (Fsp3) is 1.00. The van der Waals surface area contributed by atoms with E-state index in [0.29, 0.717) is 12.1 Å². The molecule has 0 aromatic carbocycles. The summed E-state index contributed by atoms with van der Waals surface area (Å²) in [7, 11) is 2.17. The van der Waals surface area contributed by atoms with Gasteiger partial charge in [0.1, 0.15) is 0 Å². The maximum Gasteiger partial charge on any atom is 0.0165 e. The molecule has 2 N–H and O–H groups in total. The van der Waals surface area contributed by atoms with Crippen LogP contribution in [0.1, 0.15) is 40.5 Å². The highest BCUT2D eigenvalue weighted by Gasteiger charge is 2.12. The van der Waals surface area contributed by atoms with Gasteiger partial charge in [-0.25, -0.2) is 0 Å². The molecule has 0 saturated heterocycles. The van der Waals surface area contributed by atoms with Crippen LogP contribution < -0.4 is 5.73 Å². The van der Waals surface area contributed by atoms with Gasteiger partial charge in [-0.05, 0) is 32.7 Å². The minimum absolute atomic E-state index is 0.333. The predicted octanol–water partition coefficient (Wildman–Crippen LogP) is 2.09. The molecule has 0 amide bonds. The minimum atomic E-state index is 0.333. The lowest BCUT2D eigenvalue weighted by molar-refractivity contribution is 0.214. The zero-order valence-corrected chi connectivity index (χ0v) is 9.88. The van der Waals surface area contributed by atoms with Crippen LogP contribution in [0.15, 0.2) is 0 Å². The SMILES string of the molecule is CCC(N)CN(C)C(C)CC(C)C. The Bertz CT molecular complexity index is 123. The molecule has 0 aromatic rings. The van der Waals surface area contributed by atoms with Crippen LogP contribution in [0.5, 0.6) is 0 Å². The molecule has 0 aliphatic heterocycles. The van der Waals surface area contributed by atoms with E-state index in [1.807, 2.05) is 0 Å². The van der Waals surface area contributed by atoms with Gasteiger partial charge in [0.2, 0.25) is 0 Å². The van der Waals surface area contributed by atoms with Crippen molar-refractivity contribution in [1.29, 1.82) is 0 Å². The number of nitrogens with zero attached hydrogens (tertiary/aromatic N) is 1. The van der Waals surface area contributed by atoms with Gasteiger partial charge in [-0.3, -0.25) is 0 Å². The fourth-order valence-electron chi connectivity index (χ4n) is 1.54. The van der Waals surface area contributed by atoms with Gasteiger partial charge in [-0.15, -0.1) is 0 Å². The number of rotatable bonds is 6. The molecule has 0 saturated carbocycles. The fourth-order valence-corrected chi connectivity index (χ4v) is 1.54. The summed E-state index contributed by atoms with van der Waals surface area (Å²) in [6.07, 6.45) is 2.33. The molecule has 0 heterocycles. The normalized spacial score (nSPS) is 16.6. The molecule has 13 heavy (non-hydrogen) atoms. The molecule has 0 fully saturated rings. The monoisotopic (exact) mass is 186 g/mol. The Morgan fingerprint density at radius 3 is 2.15 bits per heavy atom. The van der Waals surface area contributed by atoms with Crippen molar-refractivity contribution in [3.63, 3.8) is 0 Å². The molecule has 0 spiro atoms. The van der Waals surface area contributed by atoms with Crippen molar-refractivity contribution >= 4 is 0 Å². The third-order valence-corrected chi connectivity index (χ3v) is 2.61. The molecule has 0 aliphatic rings. The van der Waals surface area contributed by atoms with E-state index >= 15 is 0 Å². The van der Waals surface area contributed by atoms with Gasteiger partial charge < -0.3 is 10.6 Å². The van der Waals surface area contributed by atoms with Gasteiger partial charge in [0.15, 0.2) is 0 Å². The molecule has 0 bridgehead atoms. The standard InChI is InChI=1S/C11H26N2/c1-6-11(12)8-13(5)10(4)7-9(2)3/h9-11H,6-8,12H2,1-5H3. The third kappa shape index (κ3) is 6.05. The zero-order valence-electron chi connectivity index (χ0n) is 9.88. The van der Waals surface area contributed by atoms with Crippen LogP contribution in [0.2, 0.25) is 0 Å². The molecule has 2 unspecified atom stereocenters. The molecule has 80 valence electrons. The summed E-state index contributed by atoms with van der Waals surface area (Å²) < 4.78 is 0. The third-order valence-electron chi connectivity index (χ3n) is 2.61. The van der Waals surface area contributed by atoms with Crippen molar-refractivity contribution in [3.8, 4) is 0 Å². The molecule has 2 atom stereocenters. The molecular weight excluding hydrogens is 160 g/mol. The average Bonchev–Trinajstić information content (AvgIpc) is 2.02. The Morgan fingerprint density at radius 1 is 1.23 bits per heavy atom. The highest BCUT2D eigenvalue weighted by Crippen LogP contribution is 2.09. The van der Waals surface area contributed by atoms with Gasteiger partial charge in [0, 0.05) is 18.6 Å². The smallest absolute Gasteiger partial charge is 0.0165 e. The first-order valence-corrected chi connectivity index (χ1v) is 5.43. The van der Waals surface area contributed by atoms with E-state index < -0.39 is 0 Å². The zero-order chi connectivity index (χ0) is 10.4. The van der Waals surface area contributed by atoms with E-state index in [0.717, 1.165) is 18.9 Å². The van der Waals surface area contributed by atoms with Crippen molar-refractivity contribution in [2.75, 3.05) is 13.6 Å². The van der Waals surface area contributed by atoms with Crippen molar-refractivity contribution in [3.05, 3.63) is 0 Å². The topological polar surface area (TPSA) is 29.3 Å². The van der Waals surface area contributed by atoms with Crippen LogP contribution in [-0.2, 0) is 0 Å². The molecule has 0 radical (unpaired) electrons. The number of likely N-dealkylation sites (N-methyl/N-ethyl adjacent to an activating group) is 1. The average molecular weight is 186 g/mol. The summed E-state index contributed by atoms with van der Waals surface area (Å²) in [6, 6.07) is 0.984. The van der Waals surface area contributed by atoms with Crippen LogP contribution in [0.25, 0.3) is 0 Å². The minimum Gasteiger partial charge on any atom is -0.327 e. The Balaban J connectivity index is 3.74. The summed E-state index contributed by atoms with van der Waals surface area (Å²) >= 11 is 0. The Kier molecular flexibility index (Phi) is 6.35. The molecule has 2 nitrogen and oxygen atoms in total. The lowest BCUT2D eigenvalue weighted by atomic mass is 10.0. The van der Waals surface area contributed by atoms with Crippen molar-refractivity contribution in [2.24, 2.45) is 11.7 Å². The Morgan fingerprint density at radius 2 is 1.77 bits per heavy atom. The van der Waals surface area contributed by atoms with Crippen LogP contribution in [0.4, 0.5) is 0 Å². The van der Waals surface area contributed by atoms with Gasteiger partial charge in [-0.2, -0.15) is 0 Å². The number of hydrogen-bond donors (Lipinski definition) is 1. The molecule has 0 aliphatic carbocycles. The predicted molar refractivity (Wildman–Crippen MR) is 59.8 cm³/mol. The highest BCUT2D eigenvalue weighted by atomic mass is 15.1. The summed E-state index contributed by atoms with van der Waals surface area (Å²) in [4.78, 5) is 2.37. The van der Waals surface area contributed by atoms with Crippen molar-refractivity contribution < 1.29 is 0 Å². The quantitative estimate of drug-likeness (QED) is 0.688. The summed E-state index contributed by atoms with van der Waals surface area (Å²) in [5, 5.41) is 0.